The summed E-state index contributed by atoms with van der Waals surface area (Å²) in [6.45, 7) is 3.20. The summed E-state index contributed by atoms with van der Waals surface area (Å²) in [4.78, 5) is 14.7. The first-order valence-electron chi connectivity index (χ1n) is 11.6. The van der Waals surface area contributed by atoms with Gasteiger partial charge in [-0.3, -0.25) is 9.67 Å². The van der Waals surface area contributed by atoms with Gasteiger partial charge < -0.3 is 9.84 Å². The van der Waals surface area contributed by atoms with E-state index in [1.165, 1.54) is 12.3 Å². The number of pyridine rings is 1. The molecule has 6 nitrogen and oxygen atoms in total. The number of aromatic nitrogens is 3. The summed E-state index contributed by atoms with van der Waals surface area (Å²) in [6, 6.07) is 11.5. The number of nitrogens with zero attached hydrogens (tertiary/aromatic N) is 3. The van der Waals surface area contributed by atoms with Crippen molar-refractivity contribution in [1.29, 1.82) is 0 Å². The van der Waals surface area contributed by atoms with E-state index in [4.69, 9.17) is 14.9 Å². The van der Waals surface area contributed by atoms with Crippen molar-refractivity contribution in [3.05, 3.63) is 60.3 Å². The normalized spacial score (nSPS) is 18.4. The fraction of sp³-hybridized carbons (Fsp3) is 0.423. The molecule has 0 amide bonds. The third-order valence-electron chi connectivity index (χ3n) is 6.41. The molecule has 33 heavy (non-hydrogen) atoms. The zero-order chi connectivity index (χ0) is 23.2. The quantitative estimate of drug-likeness (QED) is 0.483. The second-order valence-electron chi connectivity index (χ2n) is 8.76. The third kappa shape index (κ3) is 5.66. The summed E-state index contributed by atoms with van der Waals surface area (Å²) in [7, 11) is 0. The SMILES string of the molecule is CCc1c(-c2cncc(F)c2)c(-c2ccccc2)nn1CC1CCC(COCC(=O)O)CC1. The molecule has 2 aromatic heterocycles. The van der Waals surface area contributed by atoms with Crippen LogP contribution in [0.3, 0.4) is 0 Å². The Bertz CT molecular complexity index is 1080. The van der Waals surface area contributed by atoms with Crippen LogP contribution >= 0.6 is 0 Å². The van der Waals surface area contributed by atoms with E-state index < -0.39 is 5.97 Å². The van der Waals surface area contributed by atoms with Crippen molar-refractivity contribution in [2.75, 3.05) is 13.2 Å². The maximum atomic E-state index is 14.0. The fourth-order valence-electron chi connectivity index (χ4n) is 4.80. The van der Waals surface area contributed by atoms with Crippen LogP contribution in [0, 0.1) is 17.7 Å². The fourth-order valence-corrected chi connectivity index (χ4v) is 4.80. The molecule has 7 heteroatoms. The van der Waals surface area contributed by atoms with Gasteiger partial charge in [-0.25, -0.2) is 9.18 Å². The minimum Gasteiger partial charge on any atom is -0.480 e. The minimum atomic E-state index is -0.923. The Morgan fingerprint density at radius 3 is 2.52 bits per heavy atom. The van der Waals surface area contributed by atoms with Crippen molar-refractivity contribution in [1.82, 2.24) is 14.8 Å². The van der Waals surface area contributed by atoms with Gasteiger partial charge in [-0.05, 0) is 50.0 Å². The highest BCUT2D eigenvalue weighted by Gasteiger charge is 2.25. The molecule has 0 spiro atoms. The molecule has 1 saturated carbocycles. The zero-order valence-corrected chi connectivity index (χ0v) is 18.9. The molecule has 174 valence electrons. The lowest BCUT2D eigenvalue weighted by Gasteiger charge is -2.28. The second-order valence-corrected chi connectivity index (χ2v) is 8.76. The molecule has 0 radical (unpaired) electrons. The predicted molar refractivity (Wildman–Crippen MR) is 124 cm³/mol. The predicted octanol–water partition coefficient (Wildman–Crippen LogP) is 5.22. The molecular formula is C26H30FN3O3. The molecule has 2 heterocycles. The number of halogens is 1. The average molecular weight is 452 g/mol. The topological polar surface area (TPSA) is 77.2 Å². The first kappa shape index (κ1) is 23.1. The monoisotopic (exact) mass is 451 g/mol. The van der Waals surface area contributed by atoms with Gasteiger partial charge in [-0.15, -0.1) is 0 Å². The van der Waals surface area contributed by atoms with Gasteiger partial charge in [-0.1, -0.05) is 37.3 Å². The Kier molecular flexibility index (Phi) is 7.50. The first-order chi connectivity index (χ1) is 16.0. The third-order valence-corrected chi connectivity index (χ3v) is 6.41. The number of hydrogen-bond donors (Lipinski definition) is 1. The highest BCUT2D eigenvalue weighted by atomic mass is 19.1. The van der Waals surface area contributed by atoms with Gasteiger partial charge in [0.2, 0.25) is 0 Å². The minimum absolute atomic E-state index is 0.229. The molecule has 1 N–H and O–H groups in total. The molecule has 0 atom stereocenters. The van der Waals surface area contributed by atoms with Crippen molar-refractivity contribution in [2.24, 2.45) is 11.8 Å². The van der Waals surface area contributed by atoms with Crippen LogP contribution in [0.25, 0.3) is 22.4 Å². The van der Waals surface area contributed by atoms with Crippen LogP contribution in [-0.2, 0) is 22.5 Å². The van der Waals surface area contributed by atoms with E-state index in [1.807, 2.05) is 30.3 Å². The van der Waals surface area contributed by atoms with E-state index in [0.717, 1.165) is 66.7 Å². The van der Waals surface area contributed by atoms with Crippen LogP contribution in [0.4, 0.5) is 4.39 Å². The maximum absolute atomic E-state index is 14.0. The lowest BCUT2D eigenvalue weighted by atomic mass is 9.82. The van der Waals surface area contributed by atoms with Crippen molar-refractivity contribution >= 4 is 5.97 Å². The molecule has 0 saturated heterocycles. The molecule has 1 fully saturated rings. The molecule has 1 aliphatic rings. The molecular weight excluding hydrogens is 421 g/mol. The molecule has 0 bridgehead atoms. The highest BCUT2D eigenvalue weighted by molar-refractivity contribution is 5.82. The van der Waals surface area contributed by atoms with E-state index >= 15 is 0 Å². The van der Waals surface area contributed by atoms with Gasteiger partial charge in [0.15, 0.2) is 0 Å². The Labute approximate surface area is 193 Å². The lowest BCUT2D eigenvalue weighted by molar-refractivity contribution is -0.142. The zero-order valence-electron chi connectivity index (χ0n) is 18.9. The lowest BCUT2D eigenvalue weighted by Crippen LogP contribution is -2.23. The maximum Gasteiger partial charge on any atom is 0.329 e. The van der Waals surface area contributed by atoms with Gasteiger partial charge in [0.1, 0.15) is 18.1 Å². The summed E-state index contributed by atoms with van der Waals surface area (Å²) in [6.07, 6.45) is 7.88. The second kappa shape index (κ2) is 10.7. The average Bonchev–Trinajstić information content (AvgIpc) is 3.18. The molecule has 1 aliphatic carbocycles. The first-order valence-corrected chi connectivity index (χ1v) is 11.6. The van der Waals surface area contributed by atoms with Crippen molar-refractivity contribution in [3.63, 3.8) is 0 Å². The summed E-state index contributed by atoms with van der Waals surface area (Å²) in [5, 5.41) is 13.8. The molecule has 0 aliphatic heterocycles. The van der Waals surface area contributed by atoms with Crippen LogP contribution in [0.15, 0.2) is 48.8 Å². The van der Waals surface area contributed by atoms with Gasteiger partial charge in [-0.2, -0.15) is 5.10 Å². The highest BCUT2D eigenvalue weighted by Crippen LogP contribution is 2.37. The van der Waals surface area contributed by atoms with Crippen LogP contribution in [-0.4, -0.2) is 39.1 Å². The number of ether oxygens (including phenoxy) is 1. The molecule has 1 aromatic carbocycles. The number of carboxylic acid groups (broad SMARTS) is 1. The Morgan fingerprint density at radius 2 is 1.85 bits per heavy atom. The van der Waals surface area contributed by atoms with Crippen molar-refractivity contribution in [2.45, 2.75) is 45.6 Å². The summed E-state index contributed by atoms with van der Waals surface area (Å²) >= 11 is 0. The molecule has 4 rings (SSSR count). The Balaban J connectivity index is 1.56. The Hall–Kier alpha value is -3.06. The van der Waals surface area contributed by atoms with Crippen LogP contribution in [0.1, 0.15) is 38.3 Å². The number of carboxylic acids is 1. The standard InChI is InChI=1S/C26H30FN3O3/c1-2-23-25(21-12-22(27)14-28-13-21)26(20-6-4-3-5-7-20)29-30(23)15-18-8-10-19(11-9-18)16-33-17-24(31)32/h3-7,12-14,18-19H,2,8-11,15-17H2,1H3,(H,31,32). The summed E-state index contributed by atoms with van der Waals surface area (Å²) < 4.78 is 21.4. The van der Waals surface area contributed by atoms with E-state index in [-0.39, 0.29) is 12.4 Å². The van der Waals surface area contributed by atoms with E-state index in [9.17, 15) is 9.18 Å². The van der Waals surface area contributed by atoms with Gasteiger partial charge in [0, 0.05) is 35.1 Å². The van der Waals surface area contributed by atoms with Gasteiger partial charge in [0.05, 0.1) is 12.8 Å². The van der Waals surface area contributed by atoms with Crippen molar-refractivity contribution < 1.29 is 19.0 Å². The number of hydrogen-bond acceptors (Lipinski definition) is 4. The van der Waals surface area contributed by atoms with Crippen LogP contribution < -0.4 is 0 Å². The summed E-state index contributed by atoms with van der Waals surface area (Å²) in [5.41, 5.74) is 4.65. The van der Waals surface area contributed by atoms with Gasteiger partial charge in [0.25, 0.3) is 0 Å². The van der Waals surface area contributed by atoms with E-state index in [0.29, 0.717) is 18.4 Å². The number of aliphatic carboxylic acids is 1. The smallest absolute Gasteiger partial charge is 0.329 e. The number of rotatable bonds is 9. The van der Waals surface area contributed by atoms with Crippen LogP contribution in [0.5, 0.6) is 0 Å². The van der Waals surface area contributed by atoms with E-state index in [2.05, 4.69) is 16.6 Å². The number of carbonyl (C=O) groups is 1. The number of benzene rings is 1. The summed E-state index contributed by atoms with van der Waals surface area (Å²) in [5.74, 6) is -0.372. The molecule has 3 aromatic rings. The van der Waals surface area contributed by atoms with Crippen LogP contribution in [0.2, 0.25) is 0 Å². The largest absolute Gasteiger partial charge is 0.480 e. The van der Waals surface area contributed by atoms with E-state index in [1.54, 1.807) is 6.20 Å². The van der Waals surface area contributed by atoms with Gasteiger partial charge >= 0.3 is 5.97 Å². The molecule has 0 unspecified atom stereocenters. The Morgan fingerprint density at radius 1 is 1.12 bits per heavy atom. The van der Waals surface area contributed by atoms with Crippen molar-refractivity contribution in [3.8, 4) is 22.4 Å².